The molecule has 4 rings (SSSR count). The quantitative estimate of drug-likeness (QED) is 0.520. The van der Waals surface area contributed by atoms with Gasteiger partial charge in [-0.15, -0.1) is 0 Å². The zero-order valence-electron chi connectivity index (χ0n) is 16.8. The number of benzene rings is 3. The van der Waals surface area contributed by atoms with Crippen LogP contribution >= 0.6 is 11.6 Å². The Morgan fingerprint density at radius 1 is 0.793 bits per heavy atom. The van der Waals surface area contributed by atoms with E-state index in [2.05, 4.69) is 71.4 Å². The zero-order chi connectivity index (χ0) is 20.1. The van der Waals surface area contributed by atoms with Crippen LogP contribution in [-0.4, -0.2) is 41.8 Å². The minimum Gasteiger partial charge on any atom is -0.295 e. The molecule has 0 atom stereocenters. The van der Waals surface area contributed by atoms with Crippen molar-refractivity contribution in [1.82, 2.24) is 9.91 Å². The zero-order valence-corrected chi connectivity index (χ0v) is 17.5. The van der Waals surface area contributed by atoms with Crippen molar-refractivity contribution in [3.63, 3.8) is 0 Å². The second kappa shape index (κ2) is 9.25. The fourth-order valence-corrected chi connectivity index (χ4v) is 3.86. The summed E-state index contributed by atoms with van der Waals surface area (Å²) in [5.41, 5.74) is 5.90. The Bertz CT molecular complexity index is 959. The van der Waals surface area contributed by atoms with Crippen LogP contribution in [0.5, 0.6) is 0 Å². The van der Waals surface area contributed by atoms with E-state index >= 15 is 0 Å². The van der Waals surface area contributed by atoms with Crippen LogP contribution in [0, 0.1) is 0 Å². The third-order valence-electron chi connectivity index (χ3n) is 5.40. The van der Waals surface area contributed by atoms with Crippen molar-refractivity contribution in [2.24, 2.45) is 5.10 Å². The van der Waals surface area contributed by atoms with Gasteiger partial charge in [0.1, 0.15) is 0 Å². The van der Waals surface area contributed by atoms with E-state index in [0.717, 1.165) is 43.5 Å². The molecule has 0 bridgehead atoms. The van der Waals surface area contributed by atoms with Crippen LogP contribution in [0.4, 0.5) is 0 Å². The second-order valence-corrected chi connectivity index (χ2v) is 7.86. The lowest BCUT2D eigenvalue weighted by atomic mass is 10.0. The number of piperazine rings is 1. The lowest BCUT2D eigenvalue weighted by molar-refractivity contribution is 0.130. The van der Waals surface area contributed by atoms with Gasteiger partial charge in [0, 0.05) is 37.7 Å². The van der Waals surface area contributed by atoms with Crippen molar-refractivity contribution in [3.8, 4) is 11.1 Å². The monoisotopic (exact) mass is 403 g/mol. The maximum Gasteiger partial charge on any atom is 0.0646 e. The highest BCUT2D eigenvalue weighted by molar-refractivity contribution is 6.31. The van der Waals surface area contributed by atoms with E-state index in [1.807, 2.05) is 24.3 Å². The fraction of sp³-hybridized carbons (Fsp3) is 0.240. The molecule has 3 aromatic rings. The molecule has 1 aliphatic heterocycles. The van der Waals surface area contributed by atoms with Crippen LogP contribution in [0.15, 0.2) is 84.0 Å². The predicted octanol–water partition coefficient (Wildman–Crippen LogP) is 5.55. The summed E-state index contributed by atoms with van der Waals surface area (Å²) in [6.45, 7) is 6.85. The van der Waals surface area contributed by atoms with Crippen LogP contribution in [0.2, 0.25) is 5.02 Å². The van der Waals surface area contributed by atoms with Crippen molar-refractivity contribution < 1.29 is 0 Å². The summed E-state index contributed by atoms with van der Waals surface area (Å²) in [6, 6.07) is 27.2. The SMILES string of the molecule is CC(=NN1CCN(Cc2ccccc2Cl)CC1)c1ccc(-c2ccccc2)cc1. The Labute approximate surface area is 178 Å². The van der Waals surface area contributed by atoms with E-state index in [1.54, 1.807) is 0 Å². The number of rotatable bonds is 5. The molecule has 1 saturated heterocycles. The first-order valence-electron chi connectivity index (χ1n) is 10.1. The number of hydrogen-bond acceptors (Lipinski definition) is 3. The Kier molecular flexibility index (Phi) is 6.28. The van der Waals surface area contributed by atoms with E-state index in [-0.39, 0.29) is 0 Å². The van der Waals surface area contributed by atoms with Crippen molar-refractivity contribution in [2.75, 3.05) is 26.2 Å². The highest BCUT2D eigenvalue weighted by atomic mass is 35.5. The van der Waals surface area contributed by atoms with E-state index in [1.165, 1.54) is 22.3 Å². The summed E-state index contributed by atoms with van der Waals surface area (Å²) in [6.07, 6.45) is 0. The molecule has 3 nitrogen and oxygen atoms in total. The van der Waals surface area contributed by atoms with Gasteiger partial charge in [-0.3, -0.25) is 9.91 Å². The molecule has 0 spiro atoms. The third kappa shape index (κ3) is 5.06. The normalized spacial score (nSPS) is 15.5. The molecule has 29 heavy (non-hydrogen) atoms. The van der Waals surface area contributed by atoms with Crippen LogP contribution in [-0.2, 0) is 6.54 Å². The third-order valence-corrected chi connectivity index (χ3v) is 5.77. The fourth-order valence-electron chi connectivity index (χ4n) is 3.67. The van der Waals surface area contributed by atoms with Gasteiger partial charge in [0.2, 0.25) is 0 Å². The topological polar surface area (TPSA) is 18.8 Å². The number of halogens is 1. The van der Waals surface area contributed by atoms with Crippen molar-refractivity contribution >= 4 is 17.3 Å². The molecule has 1 fully saturated rings. The van der Waals surface area contributed by atoms with Crippen LogP contribution in [0.25, 0.3) is 11.1 Å². The first-order chi connectivity index (χ1) is 14.2. The Balaban J connectivity index is 1.35. The van der Waals surface area contributed by atoms with Gasteiger partial charge in [0.15, 0.2) is 0 Å². The van der Waals surface area contributed by atoms with Gasteiger partial charge in [0.25, 0.3) is 0 Å². The van der Waals surface area contributed by atoms with Gasteiger partial charge >= 0.3 is 0 Å². The summed E-state index contributed by atoms with van der Waals surface area (Å²) < 4.78 is 0. The Morgan fingerprint density at radius 3 is 2.10 bits per heavy atom. The molecule has 0 unspecified atom stereocenters. The van der Waals surface area contributed by atoms with Gasteiger partial charge < -0.3 is 0 Å². The van der Waals surface area contributed by atoms with E-state index in [0.29, 0.717) is 0 Å². The molecule has 1 aliphatic rings. The average molecular weight is 404 g/mol. The summed E-state index contributed by atoms with van der Waals surface area (Å²) in [5.74, 6) is 0. The number of hydrogen-bond donors (Lipinski definition) is 0. The molecule has 1 heterocycles. The molecular formula is C25H26ClN3. The van der Waals surface area contributed by atoms with Gasteiger partial charge in [-0.1, -0.05) is 84.4 Å². The molecule has 0 amide bonds. The lowest BCUT2D eigenvalue weighted by Crippen LogP contribution is -2.43. The maximum absolute atomic E-state index is 6.30. The standard InChI is InChI=1S/C25H26ClN3/c1-20(21-11-13-23(14-12-21)22-7-3-2-4-8-22)27-29-17-15-28(16-18-29)19-24-9-5-6-10-25(24)26/h2-14H,15-19H2,1H3. The van der Waals surface area contributed by atoms with Crippen LogP contribution < -0.4 is 0 Å². The van der Waals surface area contributed by atoms with Gasteiger partial charge in [0.05, 0.1) is 5.71 Å². The van der Waals surface area contributed by atoms with Crippen LogP contribution in [0.1, 0.15) is 18.1 Å². The molecule has 4 heteroatoms. The molecular weight excluding hydrogens is 378 g/mol. The van der Waals surface area contributed by atoms with E-state index in [9.17, 15) is 0 Å². The predicted molar refractivity (Wildman–Crippen MR) is 122 cm³/mol. The lowest BCUT2D eigenvalue weighted by Gasteiger charge is -2.33. The highest BCUT2D eigenvalue weighted by Crippen LogP contribution is 2.20. The minimum absolute atomic E-state index is 0.850. The summed E-state index contributed by atoms with van der Waals surface area (Å²) in [7, 11) is 0. The molecule has 0 saturated carbocycles. The molecule has 0 aliphatic carbocycles. The largest absolute Gasteiger partial charge is 0.295 e. The molecule has 148 valence electrons. The highest BCUT2D eigenvalue weighted by Gasteiger charge is 2.17. The summed E-state index contributed by atoms with van der Waals surface area (Å²) in [5, 5.41) is 7.90. The van der Waals surface area contributed by atoms with E-state index in [4.69, 9.17) is 16.7 Å². The smallest absolute Gasteiger partial charge is 0.0646 e. The molecule has 3 aromatic carbocycles. The summed E-state index contributed by atoms with van der Waals surface area (Å²) in [4.78, 5) is 2.44. The van der Waals surface area contributed by atoms with Crippen molar-refractivity contribution in [1.29, 1.82) is 0 Å². The number of nitrogens with zero attached hydrogens (tertiary/aromatic N) is 3. The van der Waals surface area contributed by atoms with Gasteiger partial charge in [-0.25, -0.2) is 0 Å². The molecule has 0 radical (unpaired) electrons. The van der Waals surface area contributed by atoms with Crippen molar-refractivity contribution in [2.45, 2.75) is 13.5 Å². The molecule has 0 aromatic heterocycles. The van der Waals surface area contributed by atoms with Gasteiger partial charge in [-0.05, 0) is 35.2 Å². The average Bonchev–Trinajstić information content (AvgIpc) is 2.77. The Hall–Kier alpha value is -2.62. The number of hydrazone groups is 1. The Morgan fingerprint density at radius 2 is 1.41 bits per heavy atom. The van der Waals surface area contributed by atoms with Crippen molar-refractivity contribution in [3.05, 3.63) is 95.0 Å². The second-order valence-electron chi connectivity index (χ2n) is 7.45. The summed E-state index contributed by atoms with van der Waals surface area (Å²) >= 11 is 6.30. The van der Waals surface area contributed by atoms with Crippen LogP contribution in [0.3, 0.4) is 0 Å². The first kappa shape index (κ1) is 19.7. The maximum atomic E-state index is 6.30. The van der Waals surface area contributed by atoms with E-state index < -0.39 is 0 Å². The first-order valence-corrected chi connectivity index (χ1v) is 10.5. The van der Waals surface area contributed by atoms with Gasteiger partial charge in [-0.2, -0.15) is 5.10 Å². The minimum atomic E-state index is 0.850. The molecule has 0 N–H and O–H groups in total.